The first-order valence-electron chi connectivity index (χ1n) is 14.3. The van der Waals surface area contributed by atoms with Gasteiger partial charge in [-0.15, -0.1) is 0 Å². The molecule has 4 aromatic carbocycles. The molecule has 1 aliphatic rings. The van der Waals surface area contributed by atoms with E-state index in [-0.39, 0.29) is 22.6 Å². The van der Waals surface area contributed by atoms with Gasteiger partial charge in [0.15, 0.2) is 5.78 Å². The Morgan fingerprint density at radius 2 is 1.00 bits per heavy atom. The summed E-state index contributed by atoms with van der Waals surface area (Å²) >= 11 is 0. The van der Waals surface area contributed by atoms with E-state index in [1.54, 1.807) is 72.8 Å². The van der Waals surface area contributed by atoms with E-state index >= 15 is 0 Å². The van der Waals surface area contributed by atoms with Crippen LogP contribution in [0.25, 0.3) is 0 Å². The molecule has 0 aromatic heterocycles. The Hall–Kier alpha value is -5.74. The van der Waals surface area contributed by atoms with Gasteiger partial charge in [-0.3, -0.25) is 19.3 Å². The molecule has 0 radical (unpaired) electrons. The van der Waals surface area contributed by atoms with Crippen molar-refractivity contribution in [1.29, 1.82) is 0 Å². The number of imide groups is 1. The number of esters is 3. The van der Waals surface area contributed by atoms with Gasteiger partial charge in [0.25, 0.3) is 11.8 Å². The van der Waals surface area contributed by atoms with Crippen molar-refractivity contribution in [3.63, 3.8) is 0 Å². The fourth-order valence-electron chi connectivity index (χ4n) is 4.57. The SMILES string of the molecule is CC(=O)OCC(N1C(=O)[C@H](OC(=O)c2ccccc2)[C@@H](OC(=O)c2ccccc2)C1=O)P(=O)(Oc1ccccc1)Oc1ccccc1. The molecular formula is C34H28NO11P. The first kappa shape index (κ1) is 32.6. The van der Waals surface area contributed by atoms with Crippen LogP contribution in [0.15, 0.2) is 121 Å². The van der Waals surface area contributed by atoms with E-state index in [0.717, 1.165) is 6.92 Å². The summed E-state index contributed by atoms with van der Waals surface area (Å²) in [6, 6.07) is 30.8. The largest absolute Gasteiger partial charge is 0.463 e. The number of ether oxygens (including phenoxy) is 3. The third-order valence-corrected chi connectivity index (χ3v) is 8.81. The van der Waals surface area contributed by atoms with Gasteiger partial charge in [-0.25, -0.2) is 14.2 Å². The Kier molecular flexibility index (Phi) is 10.1. The number of rotatable bonds is 12. The molecule has 1 heterocycles. The van der Waals surface area contributed by atoms with Crippen LogP contribution >= 0.6 is 7.60 Å². The topological polar surface area (TPSA) is 152 Å². The molecule has 1 saturated heterocycles. The van der Waals surface area contributed by atoms with Crippen LogP contribution in [0.3, 0.4) is 0 Å². The number of likely N-dealkylation sites (tertiary alicyclic amines) is 1. The number of benzene rings is 4. The standard InChI is InChI=1S/C34H28NO11P/c1-23(36)42-22-28(47(41,45-26-18-10-4-11-19-26)46-27-20-12-5-13-21-27)35-31(37)29(43-33(39)24-14-6-2-7-15-24)30(32(35)38)44-34(40)25-16-8-3-9-17-25/h2-21,28-30H,22H2,1H3/t28?,29-,30-/m1/s1. The Balaban J connectivity index is 1.58. The Morgan fingerprint density at radius 1 is 0.638 bits per heavy atom. The highest BCUT2D eigenvalue weighted by atomic mass is 31.2. The van der Waals surface area contributed by atoms with Gasteiger partial charge < -0.3 is 23.3 Å². The second-order valence-electron chi connectivity index (χ2n) is 10.1. The minimum absolute atomic E-state index is 0.0396. The average molecular weight is 658 g/mol. The summed E-state index contributed by atoms with van der Waals surface area (Å²) in [5.41, 5.74) is 0.0857. The zero-order valence-corrected chi connectivity index (χ0v) is 25.8. The van der Waals surface area contributed by atoms with E-state index in [1.807, 2.05) is 0 Å². The maximum atomic E-state index is 14.8. The highest BCUT2D eigenvalue weighted by Crippen LogP contribution is 2.55. The van der Waals surface area contributed by atoms with Crippen LogP contribution in [-0.2, 0) is 33.2 Å². The van der Waals surface area contributed by atoms with Gasteiger partial charge in [0, 0.05) is 6.92 Å². The van der Waals surface area contributed by atoms with Crippen LogP contribution in [0.4, 0.5) is 0 Å². The lowest BCUT2D eigenvalue weighted by Crippen LogP contribution is -2.46. The molecule has 0 saturated carbocycles. The van der Waals surface area contributed by atoms with Crippen LogP contribution < -0.4 is 9.05 Å². The fraction of sp³-hybridized carbons (Fsp3) is 0.147. The predicted molar refractivity (Wildman–Crippen MR) is 165 cm³/mol. The van der Waals surface area contributed by atoms with E-state index < -0.39 is 61.9 Å². The minimum atomic E-state index is -4.76. The normalized spacial score (nSPS) is 16.6. The van der Waals surface area contributed by atoms with Crippen molar-refractivity contribution >= 4 is 37.3 Å². The lowest BCUT2D eigenvalue weighted by Gasteiger charge is -2.31. The lowest BCUT2D eigenvalue weighted by molar-refractivity contribution is -0.149. The van der Waals surface area contributed by atoms with Crippen molar-refractivity contribution < 1.29 is 51.8 Å². The Bertz CT molecular complexity index is 1670. The second-order valence-corrected chi connectivity index (χ2v) is 12.1. The number of nitrogens with zero attached hydrogens (tertiary/aromatic N) is 1. The third kappa shape index (κ3) is 7.74. The monoisotopic (exact) mass is 657 g/mol. The lowest BCUT2D eigenvalue weighted by atomic mass is 10.2. The number of hydrogen-bond acceptors (Lipinski definition) is 11. The van der Waals surface area contributed by atoms with Crippen molar-refractivity contribution in [3.05, 3.63) is 132 Å². The van der Waals surface area contributed by atoms with E-state index in [9.17, 15) is 28.5 Å². The molecule has 12 nitrogen and oxygen atoms in total. The molecular weight excluding hydrogens is 629 g/mol. The van der Waals surface area contributed by atoms with Crippen molar-refractivity contribution in [2.45, 2.75) is 24.9 Å². The molecule has 1 fully saturated rings. The van der Waals surface area contributed by atoms with Gasteiger partial charge in [-0.05, 0) is 48.5 Å². The molecule has 1 unspecified atom stereocenters. The number of amides is 2. The van der Waals surface area contributed by atoms with Crippen LogP contribution in [0, 0.1) is 0 Å². The summed E-state index contributed by atoms with van der Waals surface area (Å²) in [4.78, 5) is 66.9. The van der Waals surface area contributed by atoms with E-state index in [1.165, 1.54) is 48.5 Å². The summed E-state index contributed by atoms with van der Waals surface area (Å²) < 4.78 is 42.7. The molecule has 0 spiro atoms. The van der Waals surface area contributed by atoms with Crippen molar-refractivity contribution in [2.75, 3.05) is 6.61 Å². The first-order chi connectivity index (χ1) is 22.7. The zero-order chi connectivity index (χ0) is 33.4. The van der Waals surface area contributed by atoms with Crippen LogP contribution in [0.2, 0.25) is 0 Å². The highest BCUT2D eigenvalue weighted by molar-refractivity contribution is 7.55. The van der Waals surface area contributed by atoms with Gasteiger partial charge in [0.05, 0.1) is 11.1 Å². The molecule has 240 valence electrons. The predicted octanol–water partition coefficient (Wildman–Crippen LogP) is 5.05. The molecule has 3 atom stereocenters. The molecule has 0 N–H and O–H groups in total. The van der Waals surface area contributed by atoms with Gasteiger partial charge in [0.2, 0.25) is 12.2 Å². The smallest absolute Gasteiger partial charge is 0.457 e. The number of carbonyl (C=O) groups excluding carboxylic acids is 5. The van der Waals surface area contributed by atoms with E-state index in [2.05, 4.69) is 0 Å². The van der Waals surface area contributed by atoms with Gasteiger partial charge in [0.1, 0.15) is 18.1 Å². The summed E-state index contributed by atoms with van der Waals surface area (Å²) in [5, 5.41) is 0. The van der Waals surface area contributed by atoms with Crippen molar-refractivity contribution in [2.24, 2.45) is 0 Å². The first-order valence-corrected chi connectivity index (χ1v) is 15.9. The summed E-state index contributed by atoms with van der Waals surface area (Å²) in [5.74, 6) is -7.10. The zero-order valence-electron chi connectivity index (χ0n) is 24.9. The quantitative estimate of drug-likeness (QED) is 0.0871. The van der Waals surface area contributed by atoms with E-state index in [4.69, 9.17) is 23.3 Å². The minimum Gasteiger partial charge on any atom is -0.463 e. The molecule has 47 heavy (non-hydrogen) atoms. The third-order valence-electron chi connectivity index (χ3n) is 6.77. The molecule has 4 aromatic rings. The Labute approximate surface area is 269 Å². The molecule has 0 aliphatic carbocycles. The molecule has 0 bridgehead atoms. The molecule has 5 rings (SSSR count). The second kappa shape index (κ2) is 14.6. The van der Waals surface area contributed by atoms with Gasteiger partial charge in [-0.1, -0.05) is 72.8 Å². The van der Waals surface area contributed by atoms with Crippen LogP contribution in [0.5, 0.6) is 11.5 Å². The van der Waals surface area contributed by atoms with Gasteiger partial charge >= 0.3 is 25.5 Å². The summed E-state index contributed by atoms with van der Waals surface area (Å²) in [6.45, 7) is 0.225. The van der Waals surface area contributed by atoms with Crippen molar-refractivity contribution in [3.8, 4) is 11.5 Å². The summed E-state index contributed by atoms with van der Waals surface area (Å²) in [6.07, 6.45) is -4.02. The molecule has 2 amide bonds. The highest BCUT2D eigenvalue weighted by Gasteiger charge is 2.60. The molecule has 1 aliphatic heterocycles. The molecule has 13 heteroatoms. The van der Waals surface area contributed by atoms with Crippen molar-refractivity contribution in [1.82, 2.24) is 4.90 Å². The van der Waals surface area contributed by atoms with E-state index in [0.29, 0.717) is 4.90 Å². The summed E-state index contributed by atoms with van der Waals surface area (Å²) in [7, 11) is -4.76. The van der Waals surface area contributed by atoms with Crippen LogP contribution in [0.1, 0.15) is 27.6 Å². The number of para-hydroxylation sites is 2. The van der Waals surface area contributed by atoms with Gasteiger partial charge in [-0.2, -0.15) is 0 Å². The fourth-order valence-corrected chi connectivity index (χ4v) is 6.45. The average Bonchev–Trinajstić information content (AvgIpc) is 3.30. The van der Waals surface area contributed by atoms with Crippen LogP contribution in [-0.4, -0.2) is 59.2 Å². The maximum absolute atomic E-state index is 14.8. The Morgan fingerprint density at radius 3 is 1.36 bits per heavy atom. The number of hydrogen-bond donors (Lipinski definition) is 0. The maximum Gasteiger partial charge on any atom is 0.457 e. The number of carbonyl (C=O) groups is 5.